The number of carbonyl (C=O) groups is 1. The van der Waals surface area contributed by atoms with Gasteiger partial charge in [0.05, 0.1) is 0 Å². The molecule has 0 aliphatic carbocycles. The highest BCUT2D eigenvalue weighted by atomic mass is 16.2. The summed E-state index contributed by atoms with van der Waals surface area (Å²) in [7, 11) is 3.58. The summed E-state index contributed by atoms with van der Waals surface area (Å²) in [5.74, 6) is -0.121. The van der Waals surface area contributed by atoms with Gasteiger partial charge in [0.15, 0.2) is 0 Å². The second kappa shape index (κ2) is 7.23. The first-order chi connectivity index (χ1) is 11.9. The predicted molar refractivity (Wildman–Crippen MR) is 95.4 cm³/mol. The zero-order chi connectivity index (χ0) is 18.0. The van der Waals surface area contributed by atoms with Crippen LogP contribution < -0.4 is 10.9 Å². The van der Waals surface area contributed by atoms with Gasteiger partial charge >= 0.3 is 0 Å². The average molecular weight is 343 g/mol. The fourth-order valence-electron chi connectivity index (χ4n) is 3.19. The molecular weight excluding hydrogens is 318 g/mol. The number of aromatic nitrogens is 3. The Balaban J connectivity index is 1.59. The zero-order valence-corrected chi connectivity index (χ0v) is 15.0. The molecule has 3 rings (SSSR count). The van der Waals surface area contributed by atoms with Crippen molar-refractivity contribution in [3.63, 3.8) is 0 Å². The Labute approximate surface area is 147 Å². The van der Waals surface area contributed by atoms with Crippen molar-refractivity contribution in [2.45, 2.75) is 32.4 Å². The van der Waals surface area contributed by atoms with Gasteiger partial charge in [0.25, 0.3) is 11.5 Å². The fourth-order valence-corrected chi connectivity index (χ4v) is 3.19. The van der Waals surface area contributed by atoms with Crippen LogP contribution in [0.2, 0.25) is 0 Å². The van der Waals surface area contributed by atoms with E-state index in [1.54, 1.807) is 34.6 Å². The maximum Gasteiger partial charge on any atom is 0.272 e. The molecule has 2 aromatic heterocycles. The maximum absolute atomic E-state index is 12.4. The van der Waals surface area contributed by atoms with Crippen molar-refractivity contribution >= 4 is 5.91 Å². The van der Waals surface area contributed by atoms with Crippen molar-refractivity contribution in [2.24, 2.45) is 14.1 Å². The van der Waals surface area contributed by atoms with Gasteiger partial charge < -0.3 is 9.88 Å². The molecule has 1 amide bonds. The lowest BCUT2D eigenvalue weighted by molar-refractivity contribution is 0.0895. The lowest BCUT2D eigenvalue weighted by atomic mass is 10.0. The largest absolute Gasteiger partial charge is 0.347 e. The predicted octanol–water partition coefficient (Wildman–Crippen LogP) is 0.822. The number of aryl methyl sites for hydroxylation is 3. The van der Waals surface area contributed by atoms with Gasteiger partial charge in [-0.3, -0.25) is 19.2 Å². The number of hydrogen-bond acceptors (Lipinski definition) is 4. The van der Waals surface area contributed by atoms with Gasteiger partial charge in [-0.1, -0.05) is 0 Å². The first-order valence-corrected chi connectivity index (χ1v) is 8.62. The molecule has 7 heteroatoms. The number of nitrogens with zero attached hydrogens (tertiary/aromatic N) is 4. The summed E-state index contributed by atoms with van der Waals surface area (Å²) in [6.45, 7) is 4.42. The van der Waals surface area contributed by atoms with E-state index < -0.39 is 0 Å². The Kier molecular flexibility index (Phi) is 5.03. The molecule has 3 heterocycles. The SMILES string of the molecule is Cc1cc(C(=O)NC2CCCN(Cc3ccn(C)c(=O)c3)C2)nn1C. The second-order valence-corrected chi connectivity index (χ2v) is 6.83. The monoisotopic (exact) mass is 343 g/mol. The van der Waals surface area contributed by atoms with E-state index >= 15 is 0 Å². The minimum Gasteiger partial charge on any atom is -0.347 e. The van der Waals surface area contributed by atoms with Gasteiger partial charge in [0, 0.05) is 51.2 Å². The van der Waals surface area contributed by atoms with Crippen LogP contribution in [0.25, 0.3) is 0 Å². The highest BCUT2D eigenvalue weighted by Gasteiger charge is 2.23. The van der Waals surface area contributed by atoms with Crippen LogP contribution >= 0.6 is 0 Å². The molecule has 134 valence electrons. The third-order valence-electron chi connectivity index (χ3n) is 4.76. The normalized spacial score (nSPS) is 18.3. The van der Waals surface area contributed by atoms with E-state index in [1.165, 1.54) is 0 Å². The Hall–Kier alpha value is -2.41. The molecule has 1 saturated heterocycles. The van der Waals surface area contributed by atoms with Crippen LogP contribution in [0.15, 0.2) is 29.2 Å². The number of likely N-dealkylation sites (tertiary alicyclic amines) is 1. The molecule has 0 bridgehead atoms. The van der Waals surface area contributed by atoms with Crippen LogP contribution in [-0.2, 0) is 20.6 Å². The number of carbonyl (C=O) groups excluding carboxylic acids is 1. The summed E-state index contributed by atoms with van der Waals surface area (Å²) in [6.07, 6.45) is 3.78. The molecule has 1 N–H and O–H groups in total. The molecule has 1 unspecified atom stereocenters. The number of piperidine rings is 1. The molecular formula is C18H25N5O2. The highest BCUT2D eigenvalue weighted by Crippen LogP contribution is 2.14. The minimum atomic E-state index is -0.121. The lowest BCUT2D eigenvalue weighted by Crippen LogP contribution is -2.47. The molecule has 7 nitrogen and oxygen atoms in total. The van der Waals surface area contributed by atoms with Crippen LogP contribution in [0.3, 0.4) is 0 Å². The number of amides is 1. The number of hydrogen-bond donors (Lipinski definition) is 1. The molecule has 1 aliphatic rings. The zero-order valence-electron chi connectivity index (χ0n) is 15.0. The van der Waals surface area contributed by atoms with E-state index in [4.69, 9.17) is 0 Å². The summed E-state index contributed by atoms with van der Waals surface area (Å²) < 4.78 is 3.27. The summed E-state index contributed by atoms with van der Waals surface area (Å²) in [4.78, 5) is 26.4. The van der Waals surface area contributed by atoms with E-state index in [-0.39, 0.29) is 17.5 Å². The summed E-state index contributed by atoms with van der Waals surface area (Å²) >= 11 is 0. The topological polar surface area (TPSA) is 72.2 Å². The highest BCUT2D eigenvalue weighted by molar-refractivity contribution is 5.92. The molecule has 25 heavy (non-hydrogen) atoms. The molecule has 1 aliphatic heterocycles. The summed E-state index contributed by atoms with van der Waals surface area (Å²) in [6, 6.07) is 5.56. The van der Waals surface area contributed by atoms with Crippen molar-refractivity contribution in [1.29, 1.82) is 0 Å². The van der Waals surface area contributed by atoms with E-state index in [2.05, 4.69) is 15.3 Å². The summed E-state index contributed by atoms with van der Waals surface area (Å²) in [5, 5.41) is 7.32. The molecule has 0 saturated carbocycles. The average Bonchev–Trinajstić information content (AvgIpc) is 2.91. The molecule has 1 atom stereocenters. The molecule has 0 radical (unpaired) electrons. The Morgan fingerprint density at radius 3 is 2.84 bits per heavy atom. The molecule has 2 aromatic rings. The van der Waals surface area contributed by atoms with Crippen LogP contribution in [0.4, 0.5) is 0 Å². The standard InChI is InChI=1S/C18H25N5O2/c1-13-9-16(20-22(13)3)18(25)19-15-5-4-7-23(12-15)11-14-6-8-21(2)17(24)10-14/h6,8-10,15H,4-5,7,11-12H2,1-3H3,(H,19,25). The van der Waals surface area contributed by atoms with Gasteiger partial charge in [0.1, 0.15) is 5.69 Å². The smallest absolute Gasteiger partial charge is 0.272 e. The minimum absolute atomic E-state index is 0.00452. The Morgan fingerprint density at radius 1 is 1.36 bits per heavy atom. The Morgan fingerprint density at radius 2 is 2.16 bits per heavy atom. The third-order valence-corrected chi connectivity index (χ3v) is 4.76. The first kappa shape index (κ1) is 17.4. The van der Waals surface area contributed by atoms with Gasteiger partial charge in [0.2, 0.25) is 0 Å². The van der Waals surface area contributed by atoms with E-state index in [9.17, 15) is 9.59 Å². The lowest BCUT2D eigenvalue weighted by Gasteiger charge is -2.33. The third kappa shape index (κ3) is 4.17. The number of rotatable bonds is 4. The van der Waals surface area contributed by atoms with E-state index in [0.29, 0.717) is 5.69 Å². The van der Waals surface area contributed by atoms with Crippen LogP contribution in [0.5, 0.6) is 0 Å². The second-order valence-electron chi connectivity index (χ2n) is 6.83. The van der Waals surface area contributed by atoms with Crippen molar-refractivity contribution in [3.8, 4) is 0 Å². The first-order valence-electron chi connectivity index (χ1n) is 8.62. The van der Waals surface area contributed by atoms with Crippen molar-refractivity contribution in [1.82, 2.24) is 24.6 Å². The number of pyridine rings is 1. The van der Waals surface area contributed by atoms with Crippen molar-refractivity contribution < 1.29 is 4.79 Å². The van der Waals surface area contributed by atoms with Gasteiger partial charge in [-0.2, -0.15) is 5.10 Å². The molecule has 0 spiro atoms. The fraction of sp³-hybridized carbons (Fsp3) is 0.500. The Bertz CT molecular complexity index is 804. The van der Waals surface area contributed by atoms with Crippen LogP contribution in [-0.4, -0.2) is 44.3 Å². The molecule has 0 aromatic carbocycles. The maximum atomic E-state index is 12.4. The van der Waals surface area contributed by atoms with Crippen LogP contribution in [0.1, 0.15) is 34.6 Å². The van der Waals surface area contributed by atoms with Crippen molar-refractivity contribution in [2.75, 3.05) is 13.1 Å². The quantitative estimate of drug-likeness (QED) is 0.892. The molecule has 1 fully saturated rings. The van der Waals surface area contributed by atoms with Crippen molar-refractivity contribution in [3.05, 3.63) is 51.7 Å². The van der Waals surface area contributed by atoms with Crippen LogP contribution in [0, 0.1) is 6.92 Å². The van der Waals surface area contributed by atoms with Gasteiger partial charge in [-0.05, 0) is 44.0 Å². The van der Waals surface area contributed by atoms with Gasteiger partial charge in [-0.15, -0.1) is 0 Å². The van der Waals surface area contributed by atoms with E-state index in [1.807, 2.05) is 20.0 Å². The van der Waals surface area contributed by atoms with Gasteiger partial charge in [-0.25, -0.2) is 0 Å². The van der Waals surface area contributed by atoms with E-state index in [0.717, 1.165) is 43.7 Å². The number of nitrogens with one attached hydrogen (secondary N) is 1. The summed E-state index contributed by atoms with van der Waals surface area (Å²) in [5.41, 5.74) is 2.44.